The second kappa shape index (κ2) is 6.30. The second-order valence-electron chi connectivity index (χ2n) is 4.68. The Labute approximate surface area is 130 Å². The minimum Gasteiger partial charge on any atom is -0.489 e. The lowest BCUT2D eigenvalue weighted by Gasteiger charge is -2.07. The number of nitro groups is 1. The molecule has 2 aromatic heterocycles. The molecule has 0 fully saturated rings. The van der Waals surface area contributed by atoms with Gasteiger partial charge in [-0.2, -0.15) is 9.38 Å². The molecule has 1 aromatic carbocycles. The van der Waals surface area contributed by atoms with Crippen LogP contribution in [0, 0.1) is 15.9 Å². The van der Waals surface area contributed by atoms with Crippen molar-refractivity contribution in [1.29, 1.82) is 0 Å². The zero-order valence-corrected chi connectivity index (χ0v) is 12.0. The van der Waals surface area contributed by atoms with Gasteiger partial charge in [-0.1, -0.05) is 18.2 Å². The van der Waals surface area contributed by atoms with Crippen LogP contribution in [0.5, 0.6) is 5.75 Å². The second-order valence-corrected chi connectivity index (χ2v) is 4.68. The van der Waals surface area contributed by atoms with Gasteiger partial charge >= 0.3 is 5.82 Å². The first kappa shape index (κ1) is 14.8. The number of pyridine rings is 1. The van der Waals surface area contributed by atoms with E-state index in [-0.39, 0.29) is 30.5 Å². The highest BCUT2D eigenvalue weighted by Gasteiger charge is 2.21. The molecule has 0 amide bonds. The Hall–Kier alpha value is -3.16. The molecule has 0 atom stereocenters. The first-order chi connectivity index (χ1) is 11.2. The van der Waals surface area contributed by atoms with Gasteiger partial charge in [0.15, 0.2) is 11.6 Å². The zero-order valence-electron chi connectivity index (χ0n) is 12.0. The molecule has 0 aliphatic rings. The Balaban J connectivity index is 1.69. The van der Waals surface area contributed by atoms with Crippen molar-refractivity contribution in [2.75, 3.05) is 18.5 Å². The van der Waals surface area contributed by atoms with E-state index in [1.54, 1.807) is 36.5 Å². The fraction of sp³-hybridized carbons (Fsp3) is 0.133. The molecule has 23 heavy (non-hydrogen) atoms. The standard InChI is InChI=1S/C15H13FN4O3/c16-11-5-1-2-6-12(11)23-10-8-17-14-15(20(21)22)19-9-4-3-7-13(19)18-14/h1-7,9,17H,8,10H2. The molecule has 118 valence electrons. The number of hydrogen-bond donors (Lipinski definition) is 1. The molecule has 0 saturated heterocycles. The third kappa shape index (κ3) is 3.05. The maximum Gasteiger partial charge on any atom is 0.372 e. The number of nitrogens with one attached hydrogen (secondary N) is 1. The van der Waals surface area contributed by atoms with Crippen LogP contribution in [0.4, 0.5) is 16.0 Å². The van der Waals surface area contributed by atoms with E-state index >= 15 is 0 Å². The van der Waals surface area contributed by atoms with E-state index in [0.717, 1.165) is 0 Å². The van der Waals surface area contributed by atoms with Gasteiger partial charge in [0.2, 0.25) is 11.5 Å². The van der Waals surface area contributed by atoms with Crippen LogP contribution in [-0.2, 0) is 0 Å². The summed E-state index contributed by atoms with van der Waals surface area (Å²) < 4.78 is 20.1. The summed E-state index contributed by atoms with van der Waals surface area (Å²) in [5.41, 5.74) is 0.469. The van der Waals surface area contributed by atoms with Crippen LogP contribution in [0.2, 0.25) is 0 Å². The number of ether oxygens (including phenoxy) is 1. The van der Waals surface area contributed by atoms with E-state index in [0.29, 0.717) is 5.65 Å². The minimum atomic E-state index is -0.500. The molecule has 0 unspecified atom stereocenters. The van der Waals surface area contributed by atoms with Crippen LogP contribution in [0.3, 0.4) is 0 Å². The van der Waals surface area contributed by atoms with Gasteiger partial charge in [0, 0.05) is 6.07 Å². The highest BCUT2D eigenvalue weighted by atomic mass is 19.1. The van der Waals surface area contributed by atoms with Gasteiger partial charge in [0.05, 0.1) is 12.7 Å². The number of anilines is 1. The summed E-state index contributed by atoms with van der Waals surface area (Å²) >= 11 is 0. The summed E-state index contributed by atoms with van der Waals surface area (Å²) in [6, 6.07) is 11.2. The fourth-order valence-corrected chi connectivity index (χ4v) is 2.17. The molecule has 0 aliphatic carbocycles. The molecule has 0 bridgehead atoms. The van der Waals surface area contributed by atoms with Crippen LogP contribution in [0.15, 0.2) is 48.7 Å². The van der Waals surface area contributed by atoms with E-state index in [1.807, 2.05) is 0 Å². The first-order valence-electron chi connectivity index (χ1n) is 6.89. The molecular weight excluding hydrogens is 303 g/mol. The Kier molecular flexibility index (Phi) is 4.05. The normalized spacial score (nSPS) is 10.7. The van der Waals surface area contributed by atoms with Crippen molar-refractivity contribution >= 4 is 17.3 Å². The predicted molar refractivity (Wildman–Crippen MR) is 82.2 cm³/mol. The number of rotatable bonds is 6. The molecule has 0 spiro atoms. The molecule has 1 N–H and O–H groups in total. The maximum atomic E-state index is 13.4. The van der Waals surface area contributed by atoms with E-state index in [1.165, 1.54) is 16.5 Å². The van der Waals surface area contributed by atoms with Crippen molar-refractivity contribution in [2.24, 2.45) is 0 Å². The van der Waals surface area contributed by atoms with E-state index in [4.69, 9.17) is 4.74 Å². The topological polar surface area (TPSA) is 81.7 Å². The number of hydrogen-bond acceptors (Lipinski definition) is 5. The number of nitrogens with zero attached hydrogens (tertiary/aromatic N) is 3. The van der Waals surface area contributed by atoms with Crippen LogP contribution < -0.4 is 10.1 Å². The van der Waals surface area contributed by atoms with Gasteiger partial charge in [-0.05, 0) is 23.1 Å². The largest absolute Gasteiger partial charge is 0.489 e. The number of benzene rings is 1. The number of para-hydroxylation sites is 1. The molecule has 3 aromatic rings. The quantitative estimate of drug-likeness (QED) is 0.429. The predicted octanol–water partition coefficient (Wildman–Crippen LogP) is 2.87. The smallest absolute Gasteiger partial charge is 0.372 e. The molecule has 0 aliphatic heterocycles. The number of fused-ring (bicyclic) bond motifs is 1. The number of aromatic nitrogens is 2. The van der Waals surface area contributed by atoms with Gasteiger partial charge < -0.3 is 20.2 Å². The fourth-order valence-electron chi connectivity index (χ4n) is 2.17. The highest BCUT2D eigenvalue weighted by molar-refractivity contribution is 5.62. The Morgan fingerprint density at radius 2 is 2.04 bits per heavy atom. The van der Waals surface area contributed by atoms with Crippen molar-refractivity contribution in [1.82, 2.24) is 9.38 Å². The third-order valence-electron chi connectivity index (χ3n) is 3.17. The van der Waals surface area contributed by atoms with Gasteiger partial charge in [0.1, 0.15) is 6.61 Å². The van der Waals surface area contributed by atoms with Crippen molar-refractivity contribution < 1.29 is 14.1 Å². The maximum absolute atomic E-state index is 13.4. The first-order valence-corrected chi connectivity index (χ1v) is 6.89. The lowest BCUT2D eigenvalue weighted by Crippen LogP contribution is -2.13. The monoisotopic (exact) mass is 316 g/mol. The average Bonchev–Trinajstić information content (AvgIpc) is 2.91. The lowest BCUT2D eigenvalue weighted by molar-refractivity contribution is -0.389. The molecule has 8 heteroatoms. The Morgan fingerprint density at radius 3 is 2.83 bits per heavy atom. The molecule has 0 radical (unpaired) electrons. The summed E-state index contributed by atoms with van der Waals surface area (Å²) in [6.45, 7) is 0.394. The Morgan fingerprint density at radius 1 is 1.26 bits per heavy atom. The van der Waals surface area contributed by atoms with E-state index in [9.17, 15) is 14.5 Å². The van der Waals surface area contributed by atoms with Gasteiger partial charge in [-0.3, -0.25) is 0 Å². The number of halogens is 1. The summed E-state index contributed by atoms with van der Waals surface area (Å²) in [6.07, 6.45) is 1.57. The van der Waals surface area contributed by atoms with Crippen LogP contribution >= 0.6 is 0 Å². The highest BCUT2D eigenvalue weighted by Crippen LogP contribution is 2.25. The van der Waals surface area contributed by atoms with Crippen LogP contribution in [0.25, 0.3) is 5.65 Å². The summed E-state index contributed by atoms with van der Waals surface area (Å²) in [5.74, 6) is -0.310. The SMILES string of the molecule is O=[N+]([O-])c1c(NCCOc2ccccc2F)nc2ccccn12. The van der Waals surface area contributed by atoms with Crippen molar-refractivity contribution in [3.63, 3.8) is 0 Å². The molecule has 2 heterocycles. The van der Waals surface area contributed by atoms with Crippen molar-refractivity contribution in [3.05, 3.63) is 64.6 Å². The van der Waals surface area contributed by atoms with E-state index < -0.39 is 10.7 Å². The molecule has 0 saturated carbocycles. The molecule has 3 rings (SSSR count). The van der Waals surface area contributed by atoms with Gasteiger partial charge in [-0.25, -0.2) is 4.39 Å². The number of imidazole rings is 1. The summed E-state index contributed by atoms with van der Waals surface area (Å²) in [5, 5.41) is 14.1. The van der Waals surface area contributed by atoms with E-state index in [2.05, 4.69) is 10.3 Å². The van der Waals surface area contributed by atoms with Crippen LogP contribution in [-0.4, -0.2) is 27.5 Å². The Bertz CT molecular complexity index is 850. The van der Waals surface area contributed by atoms with Crippen LogP contribution in [0.1, 0.15) is 0 Å². The van der Waals surface area contributed by atoms with Gasteiger partial charge in [0.25, 0.3) is 0 Å². The molecular formula is C15H13FN4O3. The summed E-state index contributed by atoms with van der Waals surface area (Å²) in [4.78, 5) is 14.9. The van der Waals surface area contributed by atoms with Crippen molar-refractivity contribution in [3.8, 4) is 5.75 Å². The molecule has 7 nitrogen and oxygen atoms in total. The van der Waals surface area contributed by atoms with Gasteiger partial charge in [-0.15, -0.1) is 0 Å². The third-order valence-corrected chi connectivity index (χ3v) is 3.17. The summed E-state index contributed by atoms with van der Waals surface area (Å²) in [7, 11) is 0. The average molecular weight is 316 g/mol. The lowest BCUT2D eigenvalue weighted by atomic mass is 10.3. The zero-order chi connectivity index (χ0) is 16.2. The van der Waals surface area contributed by atoms with Crippen molar-refractivity contribution in [2.45, 2.75) is 0 Å². The minimum absolute atomic E-state index is 0.138.